The number of nitrogens with zero attached hydrogens (tertiary/aromatic N) is 2. The number of benzene rings is 1. The van der Waals surface area contributed by atoms with Gasteiger partial charge in [-0.3, -0.25) is 9.40 Å². The average Bonchev–Trinajstić information content (AvgIpc) is 2.79. The highest BCUT2D eigenvalue weighted by Crippen LogP contribution is 2.28. The van der Waals surface area contributed by atoms with Crippen molar-refractivity contribution in [2.24, 2.45) is 7.05 Å². The van der Waals surface area contributed by atoms with Gasteiger partial charge in [0.15, 0.2) is 0 Å². The minimum atomic E-state index is -3.69. The molecule has 0 radical (unpaired) electrons. The van der Waals surface area contributed by atoms with Crippen LogP contribution in [-0.2, 0) is 17.1 Å². The molecule has 19 heavy (non-hydrogen) atoms. The second kappa shape index (κ2) is 4.81. The summed E-state index contributed by atoms with van der Waals surface area (Å²) in [5.74, 6) is 0.354. The topological polar surface area (TPSA) is 99.2 Å². The number of nitrogens with one attached hydrogen (secondary N) is 1. The molecule has 0 fully saturated rings. The van der Waals surface area contributed by atoms with Gasteiger partial charge < -0.3 is 10.5 Å². The van der Waals surface area contributed by atoms with E-state index in [1.165, 1.54) is 24.2 Å². The van der Waals surface area contributed by atoms with Gasteiger partial charge in [-0.15, -0.1) is 0 Å². The molecule has 3 N–H and O–H groups in total. The third-order valence-corrected chi connectivity index (χ3v) is 3.78. The predicted molar refractivity (Wildman–Crippen MR) is 71.4 cm³/mol. The Labute approximate surface area is 111 Å². The monoisotopic (exact) mass is 282 g/mol. The molecule has 0 aliphatic carbocycles. The molecule has 0 atom stereocenters. The summed E-state index contributed by atoms with van der Waals surface area (Å²) in [5, 5.41) is 3.83. The van der Waals surface area contributed by atoms with Gasteiger partial charge in [0.1, 0.15) is 10.6 Å². The van der Waals surface area contributed by atoms with Gasteiger partial charge in [-0.25, -0.2) is 8.42 Å². The molecule has 0 unspecified atom stereocenters. The minimum Gasteiger partial charge on any atom is -0.494 e. The van der Waals surface area contributed by atoms with Gasteiger partial charge in [0, 0.05) is 25.0 Å². The van der Waals surface area contributed by atoms with Gasteiger partial charge in [0.2, 0.25) is 0 Å². The van der Waals surface area contributed by atoms with Crippen LogP contribution in [0.2, 0.25) is 0 Å². The highest BCUT2D eigenvalue weighted by molar-refractivity contribution is 7.92. The van der Waals surface area contributed by atoms with Crippen LogP contribution in [0.1, 0.15) is 0 Å². The molecule has 0 saturated heterocycles. The Morgan fingerprint density at radius 1 is 1.42 bits per heavy atom. The van der Waals surface area contributed by atoms with Gasteiger partial charge in [0.05, 0.1) is 19.0 Å². The molecule has 8 heteroatoms. The standard InChI is InChI=1S/C11H14N4O3S/c1-15-7-9(6-13-15)19(16,17)14-10-4-3-8(12)5-11(10)18-2/h3-7,14H,12H2,1-2H3. The molecule has 2 rings (SSSR count). The highest BCUT2D eigenvalue weighted by atomic mass is 32.2. The van der Waals surface area contributed by atoms with E-state index in [1.54, 1.807) is 25.2 Å². The Kier molecular flexibility index (Phi) is 3.34. The summed E-state index contributed by atoms with van der Waals surface area (Å²) in [6.07, 6.45) is 2.68. The second-order valence-electron chi connectivity index (χ2n) is 3.91. The molecule has 2 aromatic rings. The molecule has 0 spiro atoms. The summed E-state index contributed by atoms with van der Waals surface area (Å²) in [6, 6.07) is 4.67. The van der Waals surface area contributed by atoms with Crippen molar-refractivity contribution >= 4 is 21.4 Å². The minimum absolute atomic E-state index is 0.0777. The van der Waals surface area contributed by atoms with E-state index in [0.717, 1.165) is 0 Å². The average molecular weight is 282 g/mol. The number of nitrogens with two attached hydrogens (primary N) is 1. The van der Waals surface area contributed by atoms with Crippen molar-refractivity contribution in [2.75, 3.05) is 17.6 Å². The maximum absolute atomic E-state index is 12.1. The zero-order valence-corrected chi connectivity index (χ0v) is 11.3. The van der Waals surface area contributed by atoms with E-state index in [0.29, 0.717) is 17.1 Å². The third kappa shape index (κ3) is 2.79. The van der Waals surface area contributed by atoms with E-state index in [2.05, 4.69) is 9.82 Å². The van der Waals surface area contributed by atoms with E-state index in [1.807, 2.05) is 0 Å². The number of aromatic nitrogens is 2. The largest absolute Gasteiger partial charge is 0.494 e. The van der Waals surface area contributed by atoms with Crippen LogP contribution in [0, 0.1) is 0 Å². The van der Waals surface area contributed by atoms with Gasteiger partial charge in [-0.05, 0) is 12.1 Å². The van der Waals surface area contributed by atoms with Gasteiger partial charge in [0.25, 0.3) is 10.0 Å². The van der Waals surface area contributed by atoms with Crippen LogP contribution in [0.5, 0.6) is 5.75 Å². The first-order valence-electron chi connectivity index (χ1n) is 5.37. The smallest absolute Gasteiger partial charge is 0.265 e. The summed E-state index contributed by atoms with van der Waals surface area (Å²) in [6.45, 7) is 0. The Morgan fingerprint density at radius 2 is 2.16 bits per heavy atom. The molecule has 0 amide bonds. The molecular formula is C11H14N4O3S. The first-order valence-corrected chi connectivity index (χ1v) is 6.85. The summed E-state index contributed by atoms with van der Waals surface area (Å²) in [5.41, 5.74) is 6.42. The number of anilines is 2. The predicted octanol–water partition coefficient (Wildman–Crippen LogP) is 0.812. The SMILES string of the molecule is COc1cc(N)ccc1NS(=O)(=O)c1cnn(C)c1. The Bertz CT molecular complexity index is 694. The molecule has 7 nitrogen and oxygen atoms in total. The Morgan fingerprint density at radius 3 is 2.74 bits per heavy atom. The van der Waals surface area contributed by atoms with Crippen LogP contribution in [0.25, 0.3) is 0 Å². The van der Waals surface area contributed by atoms with E-state index in [4.69, 9.17) is 10.5 Å². The van der Waals surface area contributed by atoms with Crippen LogP contribution >= 0.6 is 0 Å². The highest BCUT2D eigenvalue weighted by Gasteiger charge is 2.18. The fourth-order valence-electron chi connectivity index (χ4n) is 1.53. The van der Waals surface area contributed by atoms with Crippen molar-refractivity contribution in [2.45, 2.75) is 4.90 Å². The lowest BCUT2D eigenvalue weighted by atomic mass is 10.2. The Balaban J connectivity index is 2.35. The summed E-state index contributed by atoms with van der Waals surface area (Å²) in [7, 11) is -0.609. The molecule has 1 aromatic carbocycles. The van der Waals surface area contributed by atoms with Crippen molar-refractivity contribution in [3.8, 4) is 5.75 Å². The Hall–Kier alpha value is -2.22. The normalized spacial score (nSPS) is 11.3. The molecule has 0 aliphatic rings. The lowest BCUT2D eigenvalue weighted by Crippen LogP contribution is -2.13. The molecule has 1 heterocycles. The van der Waals surface area contributed by atoms with Gasteiger partial charge in [-0.1, -0.05) is 0 Å². The number of aryl methyl sites for hydroxylation is 1. The zero-order valence-electron chi connectivity index (χ0n) is 10.5. The number of rotatable bonds is 4. The summed E-state index contributed by atoms with van der Waals surface area (Å²) >= 11 is 0. The van der Waals surface area contributed by atoms with E-state index in [-0.39, 0.29) is 4.90 Å². The van der Waals surface area contributed by atoms with Crippen molar-refractivity contribution in [1.82, 2.24) is 9.78 Å². The molecule has 0 bridgehead atoms. The zero-order chi connectivity index (χ0) is 14.0. The fraction of sp³-hybridized carbons (Fsp3) is 0.182. The van der Waals surface area contributed by atoms with Gasteiger partial charge >= 0.3 is 0 Å². The number of nitrogen functional groups attached to an aromatic ring is 1. The number of hydrogen-bond donors (Lipinski definition) is 2. The fourth-order valence-corrected chi connectivity index (χ4v) is 2.59. The van der Waals surface area contributed by atoms with Crippen molar-refractivity contribution in [1.29, 1.82) is 0 Å². The van der Waals surface area contributed by atoms with Gasteiger partial charge in [-0.2, -0.15) is 5.10 Å². The number of ether oxygens (including phenoxy) is 1. The van der Waals surface area contributed by atoms with Crippen molar-refractivity contribution in [3.63, 3.8) is 0 Å². The first-order chi connectivity index (χ1) is 8.92. The molecule has 0 saturated carbocycles. The maximum atomic E-state index is 12.1. The quantitative estimate of drug-likeness (QED) is 0.808. The van der Waals surface area contributed by atoms with Crippen LogP contribution in [0.3, 0.4) is 0 Å². The van der Waals surface area contributed by atoms with E-state index < -0.39 is 10.0 Å². The van der Waals surface area contributed by atoms with Crippen LogP contribution in [-0.4, -0.2) is 25.3 Å². The molecular weight excluding hydrogens is 268 g/mol. The van der Waals surface area contributed by atoms with Crippen LogP contribution in [0.4, 0.5) is 11.4 Å². The van der Waals surface area contributed by atoms with Crippen LogP contribution < -0.4 is 15.2 Å². The third-order valence-electron chi connectivity index (χ3n) is 2.46. The summed E-state index contributed by atoms with van der Waals surface area (Å²) < 4.78 is 33.2. The lowest BCUT2D eigenvalue weighted by molar-refractivity contribution is 0.417. The van der Waals surface area contributed by atoms with Crippen LogP contribution in [0.15, 0.2) is 35.5 Å². The lowest BCUT2D eigenvalue weighted by Gasteiger charge is -2.11. The summed E-state index contributed by atoms with van der Waals surface area (Å²) in [4.78, 5) is 0.0777. The number of methoxy groups -OCH3 is 1. The second-order valence-corrected chi connectivity index (χ2v) is 5.60. The maximum Gasteiger partial charge on any atom is 0.265 e. The van der Waals surface area contributed by atoms with Crippen molar-refractivity contribution < 1.29 is 13.2 Å². The molecule has 102 valence electrons. The number of sulfonamides is 1. The molecule has 1 aromatic heterocycles. The van der Waals surface area contributed by atoms with E-state index in [9.17, 15) is 8.42 Å². The first kappa shape index (κ1) is 13.2. The molecule has 0 aliphatic heterocycles. The van der Waals surface area contributed by atoms with Crippen molar-refractivity contribution in [3.05, 3.63) is 30.6 Å². The van der Waals surface area contributed by atoms with E-state index >= 15 is 0 Å². The number of hydrogen-bond acceptors (Lipinski definition) is 5.